The molecule has 0 radical (unpaired) electrons. The largest absolute Gasteiger partial charge is 0.370 e. The van der Waals surface area contributed by atoms with Crippen molar-refractivity contribution in [2.24, 2.45) is 10.7 Å². The molecule has 5 heteroatoms. The van der Waals surface area contributed by atoms with E-state index in [-0.39, 0.29) is 6.10 Å². The van der Waals surface area contributed by atoms with E-state index in [4.69, 9.17) is 10.6 Å². The standard InChI is InChI=1S/C11H18N4O/c1-15-6-9-10(13-11(15)12)7-4-2-3-5-8(7)14-16-9/h8-9,14H,2-6H2,1H3,(H2,12,13)/t8-,9+/m0/s1. The minimum atomic E-state index is 0.0432. The molecule has 3 rings (SSSR count). The summed E-state index contributed by atoms with van der Waals surface area (Å²) in [6.07, 6.45) is 4.85. The first-order valence-electron chi connectivity index (χ1n) is 5.95. The summed E-state index contributed by atoms with van der Waals surface area (Å²) in [7, 11) is 1.94. The van der Waals surface area contributed by atoms with Crippen LogP contribution in [0.3, 0.4) is 0 Å². The van der Waals surface area contributed by atoms with Crippen LogP contribution < -0.4 is 11.2 Å². The van der Waals surface area contributed by atoms with Crippen molar-refractivity contribution in [3.63, 3.8) is 0 Å². The smallest absolute Gasteiger partial charge is 0.196 e. The Morgan fingerprint density at radius 3 is 3.25 bits per heavy atom. The van der Waals surface area contributed by atoms with Crippen molar-refractivity contribution in [3.8, 4) is 0 Å². The average molecular weight is 222 g/mol. The van der Waals surface area contributed by atoms with Crippen LogP contribution in [-0.4, -0.2) is 36.6 Å². The Hall–Kier alpha value is -1.07. The second-order valence-electron chi connectivity index (χ2n) is 4.78. The molecule has 3 aliphatic rings. The van der Waals surface area contributed by atoms with E-state index in [1.165, 1.54) is 18.4 Å². The molecule has 0 saturated heterocycles. The van der Waals surface area contributed by atoms with Gasteiger partial charge in [-0.15, -0.1) is 0 Å². The highest BCUT2D eigenvalue weighted by Gasteiger charge is 2.35. The normalized spacial score (nSPS) is 34.3. The summed E-state index contributed by atoms with van der Waals surface area (Å²) in [5.74, 6) is 0.605. The van der Waals surface area contributed by atoms with Gasteiger partial charge in [-0.05, 0) is 24.8 Å². The Kier molecular flexibility index (Phi) is 2.37. The van der Waals surface area contributed by atoms with Crippen LogP contribution in [0, 0.1) is 0 Å². The van der Waals surface area contributed by atoms with Gasteiger partial charge in [0.25, 0.3) is 0 Å². The molecule has 0 aromatic heterocycles. The number of hydroxylamine groups is 1. The molecule has 0 aromatic rings. The second kappa shape index (κ2) is 3.75. The summed E-state index contributed by atoms with van der Waals surface area (Å²) in [6.45, 7) is 0.786. The quantitative estimate of drug-likeness (QED) is 0.620. The lowest BCUT2D eigenvalue weighted by atomic mass is 9.87. The molecule has 1 fully saturated rings. The fourth-order valence-corrected chi connectivity index (χ4v) is 2.69. The van der Waals surface area contributed by atoms with Crippen molar-refractivity contribution < 1.29 is 4.84 Å². The molecule has 1 aliphatic carbocycles. The fourth-order valence-electron chi connectivity index (χ4n) is 2.69. The number of nitrogens with one attached hydrogen (secondary N) is 1. The third-order valence-corrected chi connectivity index (χ3v) is 3.66. The molecular weight excluding hydrogens is 204 g/mol. The highest BCUT2D eigenvalue weighted by Crippen LogP contribution is 2.33. The van der Waals surface area contributed by atoms with Crippen LogP contribution in [0.1, 0.15) is 25.7 Å². The van der Waals surface area contributed by atoms with Crippen molar-refractivity contribution in [2.75, 3.05) is 13.6 Å². The molecule has 88 valence electrons. The van der Waals surface area contributed by atoms with E-state index in [0.29, 0.717) is 12.0 Å². The summed E-state index contributed by atoms with van der Waals surface area (Å²) in [4.78, 5) is 12.1. The van der Waals surface area contributed by atoms with E-state index in [2.05, 4.69) is 10.5 Å². The topological polar surface area (TPSA) is 62.9 Å². The number of hydrogen-bond donors (Lipinski definition) is 2. The number of aliphatic imine (C=N–C) groups is 1. The Morgan fingerprint density at radius 1 is 1.50 bits per heavy atom. The van der Waals surface area contributed by atoms with Gasteiger partial charge in [-0.25, -0.2) is 4.99 Å². The molecule has 0 spiro atoms. The molecule has 5 nitrogen and oxygen atoms in total. The minimum absolute atomic E-state index is 0.0432. The summed E-state index contributed by atoms with van der Waals surface area (Å²) < 4.78 is 0. The van der Waals surface area contributed by atoms with E-state index in [1.54, 1.807) is 0 Å². The monoisotopic (exact) mass is 222 g/mol. The van der Waals surface area contributed by atoms with Crippen LogP contribution in [0.4, 0.5) is 0 Å². The zero-order valence-corrected chi connectivity index (χ0v) is 9.57. The maximum Gasteiger partial charge on any atom is 0.196 e. The van der Waals surface area contributed by atoms with Gasteiger partial charge in [-0.1, -0.05) is 6.42 Å². The Labute approximate surface area is 95.3 Å². The highest BCUT2D eigenvalue weighted by molar-refractivity contribution is 5.80. The Morgan fingerprint density at radius 2 is 2.38 bits per heavy atom. The molecule has 0 amide bonds. The zero-order chi connectivity index (χ0) is 11.1. The molecule has 2 aliphatic heterocycles. The number of fused-ring (bicyclic) bond motifs is 2. The van der Waals surface area contributed by atoms with E-state index >= 15 is 0 Å². The molecular formula is C11H18N4O. The van der Waals surface area contributed by atoms with Gasteiger partial charge < -0.3 is 10.6 Å². The van der Waals surface area contributed by atoms with Crippen LogP contribution >= 0.6 is 0 Å². The first-order valence-corrected chi connectivity index (χ1v) is 5.95. The minimum Gasteiger partial charge on any atom is -0.370 e. The van der Waals surface area contributed by atoms with Crippen molar-refractivity contribution in [3.05, 3.63) is 11.3 Å². The van der Waals surface area contributed by atoms with E-state index in [9.17, 15) is 0 Å². The predicted octanol–water partition coefficient (Wildman–Crippen LogP) is 0.347. The molecule has 1 saturated carbocycles. The van der Waals surface area contributed by atoms with Crippen LogP contribution in [0.2, 0.25) is 0 Å². The lowest BCUT2D eigenvalue weighted by molar-refractivity contribution is -0.0468. The molecule has 0 bridgehead atoms. The number of hydrogen-bond acceptors (Lipinski definition) is 5. The highest BCUT2D eigenvalue weighted by atomic mass is 16.7. The van der Waals surface area contributed by atoms with Crippen LogP contribution in [0.15, 0.2) is 16.3 Å². The van der Waals surface area contributed by atoms with Gasteiger partial charge in [0.1, 0.15) is 6.10 Å². The Balaban J connectivity index is 2.00. The van der Waals surface area contributed by atoms with Gasteiger partial charge in [0.05, 0.1) is 18.3 Å². The summed E-state index contributed by atoms with van der Waals surface area (Å²) in [5, 5.41) is 0. The van der Waals surface area contributed by atoms with Crippen LogP contribution in [0.25, 0.3) is 0 Å². The van der Waals surface area contributed by atoms with Gasteiger partial charge in [0, 0.05) is 7.05 Å². The van der Waals surface area contributed by atoms with E-state index < -0.39 is 0 Å². The van der Waals surface area contributed by atoms with Crippen molar-refractivity contribution >= 4 is 5.96 Å². The number of nitrogens with two attached hydrogens (primary N) is 1. The van der Waals surface area contributed by atoms with E-state index in [0.717, 1.165) is 25.1 Å². The van der Waals surface area contributed by atoms with Crippen LogP contribution in [-0.2, 0) is 4.84 Å². The molecule has 0 unspecified atom stereocenters. The van der Waals surface area contributed by atoms with Crippen molar-refractivity contribution in [1.29, 1.82) is 0 Å². The molecule has 2 heterocycles. The number of rotatable bonds is 0. The van der Waals surface area contributed by atoms with Gasteiger partial charge in [0.2, 0.25) is 0 Å². The molecule has 0 aromatic carbocycles. The number of nitrogens with zero attached hydrogens (tertiary/aromatic N) is 2. The van der Waals surface area contributed by atoms with Gasteiger partial charge in [-0.3, -0.25) is 4.84 Å². The third kappa shape index (κ3) is 1.51. The summed E-state index contributed by atoms with van der Waals surface area (Å²) >= 11 is 0. The molecule has 16 heavy (non-hydrogen) atoms. The number of likely N-dealkylation sites (N-methyl/N-ethyl adjacent to an activating group) is 1. The van der Waals surface area contributed by atoms with Crippen molar-refractivity contribution in [1.82, 2.24) is 10.4 Å². The lowest BCUT2D eigenvalue weighted by Crippen LogP contribution is -2.51. The van der Waals surface area contributed by atoms with Gasteiger partial charge >= 0.3 is 0 Å². The number of guanidine groups is 1. The lowest BCUT2D eigenvalue weighted by Gasteiger charge is -2.39. The molecule has 3 N–H and O–H groups in total. The average Bonchev–Trinajstić information content (AvgIpc) is 2.31. The first kappa shape index (κ1) is 10.1. The maximum absolute atomic E-state index is 5.87. The first-order chi connectivity index (χ1) is 7.75. The zero-order valence-electron chi connectivity index (χ0n) is 9.57. The fraction of sp³-hybridized carbons (Fsp3) is 0.727. The Bertz CT molecular complexity index is 363. The summed E-state index contributed by atoms with van der Waals surface area (Å²) in [6, 6.07) is 0.361. The van der Waals surface area contributed by atoms with Crippen LogP contribution in [0.5, 0.6) is 0 Å². The van der Waals surface area contributed by atoms with Crippen molar-refractivity contribution in [2.45, 2.75) is 37.8 Å². The van der Waals surface area contributed by atoms with E-state index in [1.807, 2.05) is 11.9 Å². The SMILES string of the molecule is CN1C[C@H]2ON[C@H]3CCCCC3=C2N=C1N. The predicted molar refractivity (Wildman–Crippen MR) is 61.5 cm³/mol. The summed E-state index contributed by atoms with van der Waals surface area (Å²) in [5.41, 5.74) is 11.5. The maximum atomic E-state index is 5.87. The second-order valence-corrected chi connectivity index (χ2v) is 4.78. The molecule has 2 atom stereocenters. The van der Waals surface area contributed by atoms with Gasteiger partial charge in [0.15, 0.2) is 5.96 Å². The third-order valence-electron chi connectivity index (χ3n) is 3.66. The van der Waals surface area contributed by atoms with Gasteiger partial charge in [-0.2, -0.15) is 5.48 Å².